The number of amides is 1. The topological polar surface area (TPSA) is 72.7 Å². The molecule has 7 heteroatoms. The zero-order valence-corrected chi connectivity index (χ0v) is 15.9. The van der Waals surface area contributed by atoms with Crippen molar-refractivity contribution in [3.05, 3.63) is 34.0 Å². The Bertz CT molecular complexity index is 896. The summed E-state index contributed by atoms with van der Waals surface area (Å²) < 4.78 is 1.87. The lowest BCUT2D eigenvalue weighted by Crippen LogP contribution is -2.12. The lowest BCUT2D eigenvalue weighted by molar-refractivity contribution is 0.103. The number of nitrogens with one attached hydrogen (secondary N) is 1. The average Bonchev–Trinajstić information content (AvgIpc) is 3.15. The number of anilines is 1. The van der Waals surface area contributed by atoms with Gasteiger partial charge in [-0.2, -0.15) is 5.10 Å². The zero-order valence-electron chi connectivity index (χ0n) is 15.0. The third-order valence-electron chi connectivity index (χ3n) is 3.97. The maximum atomic E-state index is 12.6. The molecule has 0 saturated carbocycles. The molecule has 3 heterocycles. The van der Waals surface area contributed by atoms with Crippen molar-refractivity contribution in [1.29, 1.82) is 0 Å². The van der Waals surface area contributed by atoms with E-state index in [0.29, 0.717) is 10.6 Å². The number of nitrogens with zero attached hydrogens (tertiary/aromatic N) is 4. The van der Waals surface area contributed by atoms with Gasteiger partial charge >= 0.3 is 0 Å². The Morgan fingerprint density at radius 2 is 2.16 bits per heavy atom. The van der Waals surface area contributed by atoms with Crippen LogP contribution in [0.5, 0.6) is 0 Å². The highest BCUT2D eigenvalue weighted by Gasteiger charge is 2.16. The fourth-order valence-electron chi connectivity index (χ4n) is 2.67. The fraction of sp³-hybridized carbons (Fsp3) is 0.444. The summed E-state index contributed by atoms with van der Waals surface area (Å²) in [7, 11) is 0. The van der Waals surface area contributed by atoms with Crippen LogP contribution >= 0.6 is 11.3 Å². The highest BCUT2D eigenvalue weighted by atomic mass is 32.1. The van der Waals surface area contributed by atoms with Gasteiger partial charge in [-0.05, 0) is 39.7 Å². The second-order valence-corrected chi connectivity index (χ2v) is 7.48. The molecule has 0 spiro atoms. The van der Waals surface area contributed by atoms with Crippen molar-refractivity contribution in [1.82, 2.24) is 19.7 Å². The molecular weight excluding hydrogens is 334 g/mol. The van der Waals surface area contributed by atoms with E-state index < -0.39 is 0 Å². The molecule has 3 rings (SSSR count). The minimum atomic E-state index is -0.129. The average molecular weight is 357 g/mol. The van der Waals surface area contributed by atoms with Crippen molar-refractivity contribution in [2.75, 3.05) is 5.32 Å². The van der Waals surface area contributed by atoms with E-state index >= 15 is 0 Å². The van der Waals surface area contributed by atoms with Crippen LogP contribution in [0.4, 0.5) is 5.69 Å². The van der Waals surface area contributed by atoms with Gasteiger partial charge in [0.1, 0.15) is 4.88 Å². The predicted molar refractivity (Wildman–Crippen MR) is 101 cm³/mol. The van der Waals surface area contributed by atoms with Gasteiger partial charge in [-0.15, -0.1) is 11.3 Å². The molecule has 0 unspecified atom stereocenters. The van der Waals surface area contributed by atoms with Crippen molar-refractivity contribution in [2.24, 2.45) is 0 Å². The minimum Gasteiger partial charge on any atom is -0.320 e. The number of aromatic nitrogens is 4. The van der Waals surface area contributed by atoms with Crippen molar-refractivity contribution in [3.8, 4) is 0 Å². The van der Waals surface area contributed by atoms with Gasteiger partial charge in [0, 0.05) is 11.4 Å². The van der Waals surface area contributed by atoms with Gasteiger partial charge in [-0.3, -0.25) is 4.79 Å². The summed E-state index contributed by atoms with van der Waals surface area (Å²) in [6, 6.07) is 2.15. The van der Waals surface area contributed by atoms with Crippen LogP contribution in [0.1, 0.15) is 60.0 Å². The van der Waals surface area contributed by atoms with Crippen molar-refractivity contribution in [2.45, 2.75) is 53.0 Å². The Morgan fingerprint density at radius 3 is 2.88 bits per heavy atom. The molecule has 132 valence electrons. The van der Waals surface area contributed by atoms with Crippen LogP contribution in [-0.4, -0.2) is 25.7 Å². The summed E-state index contributed by atoms with van der Waals surface area (Å²) in [5, 5.41) is 9.22. The van der Waals surface area contributed by atoms with Crippen LogP contribution < -0.4 is 5.32 Å². The number of fused-ring (bicyclic) bond motifs is 1. The number of aryl methyl sites for hydroxylation is 2. The first-order valence-electron chi connectivity index (χ1n) is 8.60. The predicted octanol–water partition coefficient (Wildman–Crippen LogP) is 4.37. The summed E-state index contributed by atoms with van der Waals surface area (Å²) in [4.78, 5) is 22.2. The molecule has 0 bridgehead atoms. The summed E-state index contributed by atoms with van der Waals surface area (Å²) in [6.07, 6.45) is 6.59. The molecule has 0 aliphatic heterocycles. The molecule has 0 atom stereocenters. The van der Waals surface area contributed by atoms with Crippen molar-refractivity contribution < 1.29 is 4.79 Å². The number of unbranched alkanes of at least 4 members (excludes halogenated alkanes) is 1. The van der Waals surface area contributed by atoms with Crippen LogP contribution in [0.15, 0.2) is 18.5 Å². The van der Waals surface area contributed by atoms with E-state index in [1.54, 1.807) is 12.4 Å². The molecule has 0 aromatic carbocycles. The van der Waals surface area contributed by atoms with E-state index in [0.717, 1.165) is 41.0 Å². The van der Waals surface area contributed by atoms with Gasteiger partial charge in [0.05, 0.1) is 28.8 Å². The van der Waals surface area contributed by atoms with Gasteiger partial charge in [-0.25, -0.2) is 14.6 Å². The van der Waals surface area contributed by atoms with Crippen LogP contribution in [0.25, 0.3) is 11.0 Å². The summed E-state index contributed by atoms with van der Waals surface area (Å²) in [5.74, 6) is -0.129. The number of thiazole rings is 1. The van der Waals surface area contributed by atoms with Gasteiger partial charge in [0.25, 0.3) is 5.91 Å². The minimum absolute atomic E-state index is 0.129. The Kier molecular flexibility index (Phi) is 5.13. The van der Waals surface area contributed by atoms with E-state index in [1.165, 1.54) is 11.3 Å². The molecule has 0 aliphatic carbocycles. The van der Waals surface area contributed by atoms with Crippen LogP contribution in [-0.2, 0) is 6.42 Å². The van der Waals surface area contributed by atoms with E-state index in [4.69, 9.17) is 0 Å². The second kappa shape index (κ2) is 7.31. The Balaban J connectivity index is 1.79. The van der Waals surface area contributed by atoms with E-state index in [1.807, 2.05) is 17.7 Å². The van der Waals surface area contributed by atoms with Gasteiger partial charge in [0.2, 0.25) is 0 Å². The van der Waals surface area contributed by atoms with Gasteiger partial charge in [-0.1, -0.05) is 13.3 Å². The Hall–Kier alpha value is -2.28. The number of carbonyl (C=O) groups is 1. The highest BCUT2D eigenvalue weighted by Crippen LogP contribution is 2.23. The molecule has 6 nitrogen and oxygen atoms in total. The third kappa shape index (κ3) is 3.71. The number of rotatable bonds is 6. The van der Waals surface area contributed by atoms with Crippen LogP contribution in [0.2, 0.25) is 0 Å². The number of carbonyl (C=O) groups excluding carboxylic acids is 1. The molecule has 0 radical (unpaired) electrons. The Morgan fingerprint density at radius 1 is 1.36 bits per heavy atom. The molecule has 3 aromatic rings. The molecule has 0 fully saturated rings. The monoisotopic (exact) mass is 357 g/mol. The third-order valence-corrected chi connectivity index (χ3v) is 5.19. The molecule has 0 saturated heterocycles. The highest BCUT2D eigenvalue weighted by molar-refractivity contribution is 7.13. The summed E-state index contributed by atoms with van der Waals surface area (Å²) in [5.41, 5.74) is 2.28. The largest absolute Gasteiger partial charge is 0.320 e. The number of pyridine rings is 1. The number of hydrogen-bond acceptors (Lipinski definition) is 5. The van der Waals surface area contributed by atoms with E-state index in [-0.39, 0.29) is 11.9 Å². The molecular formula is C18H23N5OS. The second-order valence-electron chi connectivity index (χ2n) is 6.40. The van der Waals surface area contributed by atoms with Crippen LogP contribution in [0.3, 0.4) is 0 Å². The first kappa shape index (κ1) is 17.5. The lowest BCUT2D eigenvalue weighted by atomic mass is 10.2. The summed E-state index contributed by atoms with van der Waals surface area (Å²) in [6.45, 7) is 8.16. The summed E-state index contributed by atoms with van der Waals surface area (Å²) >= 11 is 1.48. The Labute approximate surface area is 151 Å². The SMILES string of the molecule is CCCCc1nc(C)c(C(=O)Nc2cnc3c(cnn3C(C)C)c2)s1. The molecule has 3 aromatic heterocycles. The maximum Gasteiger partial charge on any atom is 0.267 e. The quantitative estimate of drug-likeness (QED) is 0.711. The number of hydrogen-bond donors (Lipinski definition) is 1. The van der Waals surface area contributed by atoms with Gasteiger partial charge in [0.15, 0.2) is 5.65 Å². The fourth-order valence-corrected chi connectivity index (χ4v) is 3.67. The first-order valence-corrected chi connectivity index (χ1v) is 9.42. The standard InChI is InChI=1S/C18H23N5OS/c1-5-6-7-15-21-12(4)16(25-15)18(24)22-14-8-13-9-20-23(11(2)3)17(13)19-10-14/h8-11H,5-7H2,1-4H3,(H,22,24). The smallest absolute Gasteiger partial charge is 0.267 e. The van der Waals surface area contributed by atoms with Crippen molar-refractivity contribution >= 4 is 34.0 Å². The maximum absolute atomic E-state index is 12.6. The van der Waals surface area contributed by atoms with Crippen LogP contribution in [0, 0.1) is 6.92 Å². The zero-order chi connectivity index (χ0) is 18.0. The van der Waals surface area contributed by atoms with E-state index in [2.05, 4.69) is 41.2 Å². The molecule has 1 amide bonds. The van der Waals surface area contributed by atoms with Crippen molar-refractivity contribution in [3.63, 3.8) is 0 Å². The van der Waals surface area contributed by atoms with E-state index in [9.17, 15) is 4.79 Å². The first-order chi connectivity index (χ1) is 12.0. The lowest BCUT2D eigenvalue weighted by Gasteiger charge is -2.07. The molecule has 0 aliphatic rings. The normalized spacial score (nSPS) is 11.4. The van der Waals surface area contributed by atoms with Gasteiger partial charge < -0.3 is 5.32 Å². The molecule has 1 N–H and O–H groups in total. The molecule has 25 heavy (non-hydrogen) atoms.